The zero-order valence-electron chi connectivity index (χ0n) is 33.1. The smallest absolute Gasteiger partial charge is 0.167 e. The number of rotatable bonds is 6. The second kappa shape index (κ2) is 13.1. The standard InChI is InChI=1S/C55H41N3O2/c1-2-10-36(11-3-1)38-27-39(37-20-22-41(23-21-37)55-30-33-24-34(31-55)26-35(25-33)32-55)29-40(28-38)52-56-53(46-16-8-14-44-42-12-4-6-18-48(42)59-50(44)46)58-54(57-52)47-17-9-15-45-43-13-5-7-19-49(43)60-51(45)47/h1-23,27-29,33-35H,24-26,30-32H2. The third kappa shape index (κ3) is 5.41. The molecule has 10 aromatic rings. The van der Waals surface area contributed by atoms with E-state index >= 15 is 0 Å². The number of furan rings is 2. The summed E-state index contributed by atoms with van der Waals surface area (Å²) in [5, 5.41) is 4.17. The number of hydrogen-bond donors (Lipinski definition) is 0. The van der Waals surface area contributed by atoms with Crippen LogP contribution in [0.4, 0.5) is 0 Å². The summed E-state index contributed by atoms with van der Waals surface area (Å²) in [5.74, 6) is 4.40. The normalized spacial score (nSPS) is 20.8. The molecule has 0 atom stereocenters. The molecule has 4 aliphatic rings. The molecule has 288 valence electrons. The van der Waals surface area contributed by atoms with Crippen LogP contribution < -0.4 is 0 Å². The molecule has 0 radical (unpaired) electrons. The minimum atomic E-state index is 0.355. The Balaban J connectivity index is 1.01. The Bertz CT molecular complexity index is 3140. The van der Waals surface area contributed by atoms with E-state index in [0.717, 1.165) is 95.0 Å². The van der Waals surface area contributed by atoms with Gasteiger partial charge in [0, 0.05) is 27.1 Å². The van der Waals surface area contributed by atoms with Gasteiger partial charge < -0.3 is 8.83 Å². The Hall–Kier alpha value is -6.85. The largest absolute Gasteiger partial charge is 0.455 e. The fourth-order valence-corrected chi connectivity index (χ4v) is 11.8. The molecule has 4 saturated carbocycles. The first-order chi connectivity index (χ1) is 29.6. The molecule has 0 aliphatic heterocycles. The highest BCUT2D eigenvalue weighted by Crippen LogP contribution is 2.60. The van der Waals surface area contributed by atoms with Crippen molar-refractivity contribution >= 4 is 43.9 Å². The van der Waals surface area contributed by atoms with Crippen LogP contribution in [0.2, 0.25) is 0 Å². The average Bonchev–Trinajstić information content (AvgIpc) is 3.88. The molecule has 0 amide bonds. The van der Waals surface area contributed by atoms with Gasteiger partial charge in [0.2, 0.25) is 0 Å². The number of nitrogens with zero attached hydrogens (tertiary/aromatic N) is 3. The van der Waals surface area contributed by atoms with Gasteiger partial charge in [0.15, 0.2) is 17.5 Å². The maximum Gasteiger partial charge on any atom is 0.167 e. The van der Waals surface area contributed by atoms with E-state index in [0.29, 0.717) is 22.9 Å². The quantitative estimate of drug-likeness (QED) is 0.168. The van der Waals surface area contributed by atoms with Crippen LogP contribution in [0.1, 0.15) is 44.1 Å². The zero-order chi connectivity index (χ0) is 39.4. The van der Waals surface area contributed by atoms with Crippen LogP contribution in [0.3, 0.4) is 0 Å². The summed E-state index contributed by atoms with van der Waals surface area (Å²) in [4.78, 5) is 15.9. The SMILES string of the molecule is c1ccc(-c2cc(-c3ccc(C45CC6CC(CC(C6)C4)C5)cc3)cc(-c3nc(-c4cccc5c4oc4ccccc45)nc(-c4cccc5c4oc4ccccc45)n3)c2)cc1. The van der Waals surface area contributed by atoms with Crippen LogP contribution in [0, 0.1) is 17.8 Å². The summed E-state index contributed by atoms with van der Waals surface area (Å²) in [7, 11) is 0. The zero-order valence-corrected chi connectivity index (χ0v) is 33.1. The van der Waals surface area contributed by atoms with Crippen molar-refractivity contribution in [1.29, 1.82) is 0 Å². The number of para-hydroxylation sites is 4. The molecule has 14 rings (SSSR count). The molecule has 4 aliphatic carbocycles. The lowest BCUT2D eigenvalue weighted by molar-refractivity contribution is -0.00518. The van der Waals surface area contributed by atoms with Gasteiger partial charge in [-0.3, -0.25) is 0 Å². The Morgan fingerprint density at radius 1 is 0.383 bits per heavy atom. The van der Waals surface area contributed by atoms with Gasteiger partial charge in [0.25, 0.3) is 0 Å². The van der Waals surface area contributed by atoms with Crippen LogP contribution in [-0.4, -0.2) is 15.0 Å². The molecular formula is C55H41N3O2. The first-order valence-electron chi connectivity index (χ1n) is 21.5. The topological polar surface area (TPSA) is 65.0 Å². The van der Waals surface area contributed by atoms with Gasteiger partial charge in [-0.1, -0.05) is 115 Å². The summed E-state index contributed by atoms with van der Waals surface area (Å²) in [6.07, 6.45) is 8.44. The lowest BCUT2D eigenvalue weighted by Gasteiger charge is -2.57. The molecule has 0 spiro atoms. The van der Waals surface area contributed by atoms with E-state index < -0.39 is 0 Å². The molecule has 0 saturated heterocycles. The van der Waals surface area contributed by atoms with Gasteiger partial charge in [0.05, 0.1) is 11.1 Å². The molecule has 3 heterocycles. The van der Waals surface area contributed by atoms with Crippen LogP contribution in [0.25, 0.3) is 100 Å². The van der Waals surface area contributed by atoms with E-state index in [1.165, 1.54) is 49.7 Å². The highest BCUT2D eigenvalue weighted by molar-refractivity contribution is 6.10. The Kier molecular flexibility index (Phi) is 7.42. The fraction of sp³-hybridized carbons (Fsp3) is 0.182. The lowest BCUT2D eigenvalue weighted by atomic mass is 9.48. The van der Waals surface area contributed by atoms with Crippen molar-refractivity contribution < 1.29 is 8.83 Å². The van der Waals surface area contributed by atoms with Gasteiger partial charge in [-0.25, -0.2) is 15.0 Å². The Morgan fingerprint density at radius 2 is 0.833 bits per heavy atom. The van der Waals surface area contributed by atoms with E-state index in [1.54, 1.807) is 0 Å². The van der Waals surface area contributed by atoms with E-state index in [2.05, 4.69) is 109 Å². The number of hydrogen-bond acceptors (Lipinski definition) is 5. The molecule has 7 aromatic carbocycles. The van der Waals surface area contributed by atoms with Crippen molar-refractivity contribution in [3.05, 3.63) is 163 Å². The van der Waals surface area contributed by atoms with Gasteiger partial charge in [-0.2, -0.15) is 0 Å². The molecule has 5 nitrogen and oxygen atoms in total. The number of aromatic nitrogens is 3. The van der Waals surface area contributed by atoms with Gasteiger partial charge in [-0.15, -0.1) is 0 Å². The third-order valence-electron chi connectivity index (χ3n) is 14.1. The van der Waals surface area contributed by atoms with Crippen LogP contribution in [0.15, 0.2) is 167 Å². The Morgan fingerprint density at radius 3 is 1.38 bits per heavy atom. The third-order valence-corrected chi connectivity index (χ3v) is 14.1. The summed E-state index contributed by atoms with van der Waals surface area (Å²) in [5.41, 5.74) is 12.2. The monoisotopic (exact) mass is 775 g/mol. The second-order valence-corrected chi connectivity index (χ2v) is 17.8. The molecular weight excluding hydrogens is 735 g/mol. The summed E-state index contributed by atoms with van der Waals surface area (Å²) < 4.78 is 13.1. The summed E-state index contributed by atoms with van der Waals surface area (Å²) in [6, 6.07) is 55.8. The average molecular weight is 776 g/mol. The molecule has 60 heavy (non-hydrogen) atoms. The van der Waals surface area contributed by atoms with E-state index in [4.69, 9.17) is 23.8 Å². The molecule has 0 N–H and O–H groups in total. The van der Waals surface area contributed by atoms with Crippen molar-refractivity contribution in [2.24, 2.45) is 17.8 Å². The maximum atomic E-state index is 6.56. The van der Waals surface area contributed by atoms with Crippen LogP contribution in [-0.2, 0) is 5.41 Å². The fourth-order valence-electron chi connectivity index (χ4n) is 11.8. The van der Waals surface area contributed by atoms with Crippen molar-refractivity contribution in [2.75, 3.05) is 0 Å². The molecule has 0 unspecified atom stereocenters. The van der Waals surface area contributed by atoms with E-state index in [9.17, 15) is 0 Å². The molecule has 5 heteroatoms. The lowest BCUT2D eigenvalue weighted by Crippen LogP contribution is -2.48. The van der Waals surface area contributed by atoms with Gasteiger partial charge >= 0.3 is 0 Å². The predicted octanol–water partition coefficient (Wildman–Crippen LogP) is 14.5. The summed E-state index contributed by atoms with van der Waals surface area (Å²) in [6.45, 7) is 0. The van der Waals surface area contributed by atoms with E-state index in [-0.39, 0.29) is 0 Å². The highest BCUT2D eigenvalue weighted by atomic mass is 16.3. The first kappa shape index (κ1) is 34.1. The Labute approximate surface area is 347 Å². The van der Waals surface area contributed by atoms with Gasteiger partial charge in [-0.05, 0) is 132 Å². The molecule has 4 bridgehead atoms. The minimum absolute atomic E-state index is 0.355. The van der Waals surface area contributed by atoms with Crippen molar-refractivity contribution in [1.82, 2.24) is 15.0 Å². The maximum absolute atomic E-state index is 6.56. The van der Waals surface area contributed by atoms with Crippen LogP contribution >= 0.6 is 0 Å². The number of benzene rings is 7. The number of fused-ring (bicyclic) bond motifs is 6. The van der Waals surface area contributed by atoms with Crippen molar-refractivity contribution in [3.8, 4) is 56.4 Å². The molecule has 4 fully saturated rings. The first-order valence-corrected chi connectivity index (χ1v) is 21.5. The van der Waals surface area contributed by atoms with Crippen LogP contribution in [0.5, 0.6) is 0 Å². The summed E-state index contributed by atoms with van der Waals surface area (Å²) >= 11 is 0. The van der Waals surface area contributed by atoms with Crippen molar-refractivity contribution in [2.45, 2.75) is 43.9 Å². The molecule has 3 aromatic heterocycles. The van der Waals surface area contributed by atoms with Crippen molar-refractivity contribution in [3.63, 3.8) is 0 Å². The predicted molar refractivity (Wildman–Crippen MR) is 241 cm³/mol. The highest BCUT2D eigenvalue weighted by Gasteiger charge is 2.51. The van der Waals surface area contributed by atoms with E-state index in [1.807, 2.05) is 48.5 Å². The minimum Gasteiger partial charge on any atom is -0.455 e. The second-order valence-electron chi connectivity index (χ2n) is 17.8. The van der Waals surface area contributed by atoms with Gasteiger partial charge in [0.1, 0.15) is 22.3 Å².